The van der Waals surface area contributed by atoms with Gasteiger partial charge >= 0.3 is 0 Å². The van der Waals surface area contributed by atoms with Crippen molar-refractivity contribution in [2.45, 2.75) is 46.5 Å². The summed E-state index contributed by atoms with van der Waals surface area (Å²) in [6.07, 6.45) is 3.02. The second-order valence-electron chi connectivity index (χ2n) is 6.99. The highest BCUT2D eigenvalue weighted by Gasteiger charge is 2.38. The SMILES string of the molecule is CCC(CC)(CN)C(=O)N1CCC(C(=O)c2ccc(C)cc2)CC1. The molecule has 1 aromatic rings. The summed E-state index contributed by atoms with van der Waals surface area (Å²) in [6, 6.07) is 7.76. The van der Waals surface area contributed by atoms with E-state index in [4.69, 9.17) is 5.73 Å². The van der Waals surface area contributed by atoms with Gasteiger partial charge in [0.05, 0.1) is 5.41 Å². The first-order valence-electron chi connectivity index (χ1n) is 9.07. The highest BCUT2D eigenvalue weighted by molar-refractivity contribution is 5.98. The molecule has 0 radical (unpaired) electrons. The third-order valence-electron chi connectivity index (χ3n) is 5.69. The molecule has 4 heteroatoms. The monoisotopic (exact) mass is 330 g/mol. The number of piperidine rings is 1. The van der Waals surface area contributed by atoms with Crippen molar-refractivity contribution in [3.05, 3.63) is 35.4 Å². The molecule has 24 heavy (non-hydrogen) atoms. The zero-order valence-corrected chi connectivity index (χ0v) is 15.2. The number of benzene rings is 1. The summed E-state index contributed by atoms with van der Waals surface area (Å²) in [6.45, 7) is 7.78. The first-order valence-corrected chi connectivity index (χ1v) is 9.07. The highest BCUT2D eigenvalue weighted by Crippen LogP contribution is 2.30. The number of likely N-dealkylation sites (tertiary alicyclic amines) is 1. The van der Waals surface area contributed by atoms with Gasteiger partial charge in [0.2, 0.25) is 5.91 Å². The summed E-state index contributed by atoms with van der Waals surface area (Å²) in [5.74, 6) is 0.390. The average Bonchev–Trinajstić information content (AvgIpc) is 2.63. The van der Waals surface area contributed by atoms with E-state index in [1.165, 1.54) is 0 Å². The lowest BCUT2D eigenvalue weighted by atomic mass is 9.80. The van der Waals surface area contributed by atoms with Crippen LogP contribution in [0, 0.1) is 18.3 Å². The lowest BCUT2D eigenvalue weighted by Gasteiger charge is -2.38. The third-order valence-corrected chi connectivity index (χ3v) is 5.69. The van der Waals surface area contributed by atoms with Crippen molar-refractivity contribution >= 4 is 11.7 Å². The predicted octanol–water partition coefficient (Wildman–Crippen LogP) is 3.18. The molecule has 0 spiro atoms. The number of carbonyl (C=O) groups excluding carboxylic acids is 2. The fourth-order valence-corrected chi connectivity index (χ4v) is 3.56. The van der Waals surface area contributed by atoms with Gasteiger partial charge in [-0.25, -0.2) is 0 Å². The number of ketones is 1. The lowest BCUT2D eigenvalue weighted by Crippen LogP contribution is -2.50. The molecule has 1 saturated heterocycles. The van der Waals surface area contributed by atoms with Gasteiger partial charge in [-0.3, -0.25) is 9.59 Å². The smallest absolute Gasteiger partial charge is 0.230 e. The van der Waals surface area contributed by atoms with Crippen molar-refractivity contribution < 1.29 is 9.59 Å². The Morgan fingerprint density at radius 1 is 1.12 bits per heavy atom. The quantitative estimate of drug-likeness (QED) is 0.815. The second-order valence-corrected chi connectivity index (χ2v) is 6.99. The van der Waals surface area contributed by atoms with Gasteiger partial charge in [-0.05, 0) is 32.6 Å². The van der Waals surface area contributed by atoms with Gasteiger partial charge in [0.15, 0.2) is 5.78 Å². The van der Waals surface area contributed by atoms with Crippen molar-refractivity contribution in [1.82, 2.24) is 4.90 Å². The van der Waals surface area contributed by atoms with Crippen molar-refractivity contribution in [2.24, 2.45) is 17.1 Å². The number of carbonyl (C=O) groups is 2. The van der Waals surface area contributed by atoms with Crippen LogP contribution >= 0.6 is 0 Å². The molecule has 0 unspecified atom stereocenters. The molecule has 0 bridgehead atoms. The lowest BCUT2D eigenvalue weighted by molar-refractivity contribution is -0.143. The fourth-order valence-electron chi connectivity index (χ4n) is 3.56. The molecule has 1 aromatic carbocycles. The number of aryl methyl sites for hydroxylation is 1. The minimum Gasteiger partial charge on any atom is -0.342 e. The number of nitrogens with zero attached hydrogens (tertiary/aromatic N) is 1. The van der Waals surface area contributed by atoms with Crippen LogP contribution in [0.2, 0.25) is 0 Å². The van der Waals surface area contributed by atoms with Gasteiger partial charge in [0, 0.05) is 31.1 Å². The Hall–Kier alpha value is -1.68. The van der Waals surface area contributed by atoms with Crippen molar-refractivity contribution in [3.8, 4) is 0 Å². The summed E-state index contributed by atoms with van der Waals surface area (Å²) in [7, 11) is 0. The number of rotatable bonds is 6. The average molecular weight is 330 g/mol. The van der Waals surface area contributed by atoms with E-state index in [1.807, 2.05) is 49.9 Å². The molecular formula is C20H30N2O2. The summed E-state index contributed by atoms with van der Waals surface area (Å²) in [4.78, 5) is 27.4. The number of hydrogen-bond donors (Lipinski definition) is 1. The van der Waals surface area contributed by atoms with E-state index in [-0.39, 0.29) is 17.6 Å². The van der Waals surface area contributed by atoms with E-state index in [1.54, 1.807) is 0 Å². The van der Waals surface area contributed by atoms with E-state index in [0.717, 1.165) is 36.8 Å². The third kappa shape index (κ3) is 3.69. The number of nitrogens with two attached hydrogens (primary N) is 1. The Labute approximate surface area is 145 Å². The van der Waals surface area contributed by atoms with Crippen LogP contribution in [-0.4, -0.2) is 36.2 Å². The molecule has 2 rings (SSSR count). The Balaban J connectivity index is 1.99. The van der Waals surface area contributed by atoms with Crippen LogP contribution in [0.15, 0.2) is 24.3 Å². The first-order chi connectivity index (χ1) is 11.5. The van der Waals surface area contributed by atoms with E-state index in [0.29, 0.717) is 19.6 Å². The van der Waals surface area contributed by atoms with E-state index in [9.17, 15) is 9.59 Å². The summed E-state index contributed by atoms with van der Waals surface area (Å²) >= 11 is 0. The van der Waals surface area contributed by atoms with Crippen LogP contribution in [0.5, 0.6) is 0 Å². The van der Waals surface area contributed by atoms with Crippen molar-refractivity contribution in [2.75, 3.05) is 19.6 Å². The second kappa shape index (κ2) is 7.93. The van der Waals surface area contributed by atoms with Gasteiger partial charge < -0.3 is 10.6 Å². The van der Waals surface area contributed by atoms with Gasteiger partial charge in [0.1, 0.15) is 0 Å². The summed E-state index contributed by atoms with van der Waals surface area (Å²) in [5.41, 5.74) is 7.40. The number of hydrogen-bond acceptors (Lipinski definition) is 3. The van der Waals surface area contributed by atoms with Crippen LogP contribution in [0.1, 0.15) is 55.5 Å². The Bertz CT molecular complexity index is 560. The van der Waals surface area contributed by atoms with Gasteiger partial charge in [-0.1, -0.05) is 43.7 Å². The van der Waals surface area contributed by atoms with Crippen LogP contribution in [0.4, 0.5) is 0 Å². The molecule has 4 nitrogen and oxygen atoms in total. The largest absolute Gasteiger partial charge is 0.342 e. The van der Waals surface area contributed by atoms with Crippen LogP contribution < -0.4 is 5.73 Å². The molecule has 1 aliphatic rings. The molecule has 0 saturated carbocycles. The zero-order valence-electron chi connectivity index (χ0n) is 15.2. The maximum Gasteiger partial charge on any atom is 0.230 e. The van der Waals surface area contributed by atoms with Gasteiger partial charge in [-0.15, -0.1) is 0 Å². The molecule has 0 atom stereocenters. The predicted molar refractivity (Wildman–Crippen MR) is 96.9 cm³/mol. The summed E-state index contributed by atoms with van der Waals surface area (Å²) in [5, 5.41) is 0. The van der Waals surface area contributed by atoms with E-state index < -0.39 is 5.41 Å². The first kappa shape index (κ1) is 18.7. The zero-order chi connectivity index (χ0) is 17.7. The Morgan fingerprint density at radius 2 is 1.67 bits per heavy atom. The normalized spacial score (nSPS) is 16.2. The van der Waals surface area contributed by atoms with Crippen LogP contribution in [0.3, 0.4) is 0 Å². The highest BCUT2D eigenvalue weighted by atomic mass is 16.2. The maximum atomic E-state index is 12.9. The molecule has 1 heterocycles. The minimum atomic E-state index is -0.437. The van der Waals surface area contributed by atoms with Gasteiger partial charge in [0.25, 0.3) is 0 Å². The molecule has 1 aliphatic heterocycles. The Kier molecular flexibility index (Phi) is 6.16. The van der Waals surface area contributed by atoms with E-state index in [2.05, 4.69) is 0 Å². The molecule has 132 valence electrons. The standard InChI is InChI=1S/C20H30N2O2/c1-4-20(5-2,14-21)19(24)22-12-10-17(11-13-22)18(23)16-8-6-15(3)7-9-16/h6-9,17H,4-5,10-14,21H2,1-3H3. The fraction of sp³-hybridized carbons (Fsp3) is 0.600. The minimum absolute atomic E-state index is 0.0206. The van der Waals surface area contributed by atoms with Crippen LogP contribution in [0.25, 0.3) is 0 Å². The van der Waals surface area contributed by atoms with Crippen LogP contribution in [-0.2, 0) is 4.79 Å². The van der Waals surface area contributed by atoms with Crippen molar-refractivity contribution in [1.29, 1.82) is 0 Å². The van der Waals surface area contributed by atoms with Gasteiger partial charge in [-0.2, -0.15) is 0 Å². The van der Waals surface area contributed by atoms with E-state index >= 15 is 0 Å². The molecule has 1 amide bonds. The number of Topliss-reactive ketones (excluding diaryl/α,β-unsaturated/α-hetero) is 1. The molecular weight excluding hydrogens is 300 g/mol. The Morgan fingerprint density at radius 3 is 2.12 bits per heavy atom. The maximum absolute atomic E-state index is 12.9. The molecule has 0 aliphatic carbocycles. The molecule has 2 N–H and O–H groups in total. The topological polar surface area (TPSA) is 63.4 Å². The summed E-state index contributed by atoms with van der Waals surface area (Å²) < 4.78 is 0. The molecule has 0 aromatic heterocycles. The van der Waals surface area contributed by atoms with Crippen molar-refractivity contribution in [3.63, 3.8) is 0 Å². The molecule has 1 fully saturated rings. The number of amides is 1.